The van der Waals surface area contributed by atoms with Crippen molar-refractivity contribution in [1.82, 2.24) is 0 Å². The van der Waals surface area contributed by atoms with Crippen LogP contribution in [0.2, 0.25) is 0 Å². The van der Waals surface area contributed by atoms with Crippen LogP contribution in [0.5, 0.6) is 5.75 Å². The summed E-state index contributed by atoms with van der Waals surface area (Å²) < 4.78 is 6.55. The lowest BCUT2D eigenvalue weighted by atomic mass is 10.2. The molecule has 2 nitrogen and oxygen atoms in total. The molecule has 0 heterocycles. The highest BCUT2D eigenvalue weighted by Gasteiger charge is 2.03. The van der Waals surface area contributed by atoms with Crippen LogP contribution in [0, 0.1) is 0 Å². The molecule has 0 aliphatic rings. The minimum absolute atomic E-state index is 0.510. The second kappa shape index (κ2) is 5.03. The molecule has 0 aliphatic carbocycles. The first kappa shape index (κ1) is 11.0. The molecule has 82 valence electrons. The van der Waals surface area contributed by atoms with Crippen molar-refractivity contribution in [3.05, 3.63) is 58.6 Å². The van der Waals surface area contributed by atoms with Gasteiger partial charge in [-0.2, -0.15) is 0 Å². The molecule has 2 aromatic rings. The van der Waals surface area contributed by atoms with Crippen molar-refractivity contribution in [1.29, 1.82) is 0 Å². The van der Waals surface area contributed by atoms with Gasteiger partial charge in [0.15, 0.2) is 0 Å². The highest BCUT2D eigenvalue weighted by atomic mass is 79.9. The van der Waals surface area contributed by atoms with Gasteiger partial charge in [0.25, 0.3) is 0 Å². The predicted molar refractivity (Wildman–Crippen MR) is 69.3 cm³/mol. The van der Waals surface area contributed by atoms with Gasteiger partial charge in [0, 0.05) is 15.7 Å². The third-order valence-corrected chi connectivity index (χ3v) is 3.21. The molecule has 0 aliphatic heterocycles. The average Bonchev–Trinajstić information content (AvgIpc) is 2.32. The van der Waals surface area contributed by atoms with Gasteiger partial charge < -0.3 is 10.5 Å². The highest BCUT2D eigenvalue weighted by molar-refractivity contribution is 9.10. The molecule has 0 spiro atoms. The molecular formula is C13H12BrNO. The van der Waals surface area contributed by atoms with E-state index in [0.29, 0.717) is 6.61 Å². The number of rotatable bonds is 3. The fourth-order valence-electron chi connectivity index (χ4n) is 1.39. The van der Waals surface area contributed by atoms with E-state index in [2.05, 4.69) is 15.9 Å². The number of benzene rings is 2. The lowest BCUT2D eigenvalue weighted by Crippen LogP contribution is -1.98. The van der Waals surface area contributed by atoms with E-state index in [9.17, 15) is 0 Å². The summed E-state index contributed by atoms with van der Waals surface area (Å²) in [5.41, 5.74) is 7.56. The molecule has 2 rings (SSSR count). The topological polar surface area (TPSA) is 35.2 Å². The maximum Gasteiger partial charge on any atom is 0.119 e. The van der Waals surface area contributed by atoms with E-state index in [4.69, 9.17) is 10.5 Å². The Balaban J connectivity index is 2.08. The minimum atomic E-state index is 0.510. The zero-order valence-electron chi connectivity index (χ0n) is 8.69. The molecule has 0 unspecified atom stereocenters. The van der Waals surface area contributed by atoms with Crippen molar-refractivity contribution in [2.75, 3.05) is 5.73 Å². The SMILES string of the molecule is Nc1cccc(COc2ccccc2)c1Br. The lowest BCUT2D eigenvalue weighted by molar-refractivity contribution is 0.305. The van der Waals surface area contributed by atoms with Gasteiger partial charge in [0.1, 0.15) is 12.4 Å². The standard InChI is InChI=1S/C13H12BrNO/c14-13-10(5-4-8-12(13)15)9-16-11-6-2-1-3-7-11/h1-8H,9,15H2. The van der Waals surface area contributed by atoms with E-state index in [-0.39, 0.29) is 0 Å². The Morgan fingerprint density at radius 3 is 2.50 bits per heavy atom. The van der Waals surface area contributed by atoms with Gasteiger partial charge in [0.05, 0.1) is 0 Å². The average molecular weight is 278 g/mol. The third-order valence-electron chi connectivity index (χ3n) is 2.25. The molecule has 0 atom stereocenters. The van der Waals surface area contributed by atoms with Crippen LogP contribution in [-0.2, 0) is 6.61 Å². The number of hydrogen-bond acceptors (Lipinski definition) is 2. The largest absolute Gasteiger partial charge is 0.489 e. The van der Waals surface area contributed by atoms with Crippen molar-refractivity contribution in [3.8, 4) is 5.75 Å². The molecule has 0 aromatic heterocycles. The van der Waals surface area contributed by atoms with E-state index in [1.165, 1.54) is 0 Å². The van der Waals surface area contributed by atoms with E-state index in [1.54, 1.807) is 0 Å². The Morgan fingerprint density at radius 2 is 1.75 bits per heavy atom. The summed E-state index contributed by atoms with van der Waals surface area (Å²) >= 11 is 3.45. The quantitative estimate of drug-likeness (QED) is 0.870. The predicted octanol–water partition coefficient (Wildman–Crippen LogP) is 3.61. The normalized spacial score (nSPS) is 10.1. The number of ether oxygens (including phenoxy) is 1. The van der Waals surface area contributed by atoms with Gasteiger partial charge in [0.2, 0.25) is 0 Å². The first-order chi connectivity index (χ1) is 7.77. The van der Waals surface area contributed by atoms with Crippen LogP contribution in [0.25, 0.3) is 0 Å². The van der Waals surface area contributed by atoms with Crippen LogP contribution in [0.3, 0.4) is 0 Å². The van der Waals surface area contributed by atoms with Gasteiger partial charge in [-0.05, 0) is 34.1 Å². The molecule has 0 fully saturated rings. The number of nitrogen functional groups attached to an aromatic ring is 1. The van der Waals surface area contributed by atoms with E-state index in [0.717, 1.165) is 21.5 Å². The Kier molecular flexibility index (Phi) is 3.47. The minimum Gasteiger partial charge on any atom is -0.489 e. The number of nitrogens with two attached hydrogens (primary N) is 1. The summed E-state index contributed by atoms with van der Waals surface area (Å²) in [5, 5.41) is 0. The maximum absolute atomic E-state index is 5.79. The first-order valence-electron chi connectivity index (χ1n) is 4.98. The number of halogens is 1. The van der Waals surface area contributed by atoms with E-state index in [1.807, 2.05) is 48.5 Å². The van der Waals surface area contributed by atoms with Gasteiger partial charge in [-0.1, -0.05) is 30.3 Å². The zero-order valence-corrected chi connectivity index (χ0v) is 10.3. The molecule has 0 saturated carbocycles. The molecule has 3 heteroatoms. The van der Waals surface area contributed by atoms with Gasteiger partial charge >= 0.3 is 0 Å². The van der Waals surface area contributed by atoms with Crippen LogP contribution < -0.4 is 10.5 Å². The fourth-order valence-corrected chi connectivity index (χ4v) is 1.77. The summed E-state index contributed by atoms with van der Waals surface area (Å²) in [7, 11) is 0. The molecule has 0 bridgehead atoms. The third kappa shape index (κ3) is 2.55. The zero-order chi connectivity index (χ0) is 11.4. The monoisotopic (exact) mass is 277 g/mol. The van der Waals surface area contributed by atoms with Gasteiger partial charge in [-0.25, -0.2) is 0 Å². The molecule has 2 N–H and O–H groups in total. The summed E-state index contributed by atoms with van der Waals surface area (Å²) in [4.78, 5) is 0. The molecule has 0 amide bonds. The van der Waals surface area contributed by atoms with Gasteiger partial charge in [-0.15, -0.1) is 0 Å². The second-order valence-electron chi connectivity index (χ2n) is 3.42. The number of para-hydroxylation sites is 1. The van der Waals surface area contributed by atoms with Gasteiger partial charge in [-0.3, -0.25) is 0 Å². The van der Waals surface area contributed by atoms with Crippen LogP contribution in [-0.4, -0.2) is 0 Å². The number of hydrogen-bond donors (Lipinski definition) is 1. The van der Waals surface area contributed by atoms with Crippen LogP contribution in [0.4, 0.5) is 5.69 Å². The van der Waals surface area contributed by atoms with Crippen molar-refractivity contribution in [2.45, 2.75) is 6.61 Å². The molecule has 0 saturated heterocycles. The highest BCUT2D eigenvalue weighted by Crippen LogP contribution is 2.24. The summed E-state index contributed by atoms with van der Waals surface area (Å²) in [5.74, 6) is 0.858. The Hall–Kier alpha value is -1.48. The maximum atomic E-state index is 5.79. The van der Waals surface area contributed by atoms with Crippen molar-refractivity contribution < 1.29 is 4.74 Å². The number of anilines is 1. The molecule has 0 radical (unpaired) electrons. The van der Waals surface area contributed by atoms with Crippen molar-refractivity contribution in [3.63, 3.8) is 0 Å². The fraction of sp³-hybridized carbons (Fsp3) is 0.0769. The molecule has 16 heavy (non-hydrogen) atoms. The van der Waals surface area contributed by atoms with Crippen LogP contribution >= 0.6 is 15.9 Å². The Morgan fingerprint density at radius 1 is 1.00 bits per heavy atom. The molecular weight excluding hydrogens is 266 g/mol. The van der Waals surface area contributed by atoms with Crippen LogP contribution in [0.15, 0.2) is 53.0 Å². The Bertz CT molecular complexity index is 471. The lowest BCUT2D eigenvalue weighted by Gasteiger charge is -2.09. The van der Waals surface area contributed by atoms with E-state index < -0.39 is 0 Å². The first-order valence-corrected chi connectivity index (χ1v) is 5.77. The summed E-state index contributed by atoms with van der Waals surface area (Å²) in [6.45, 7) is 0.510. The second-order valence-corrected chi connectivity index (χ2v) is 4.22. The van der Waals surface area contributed by atoms with E-state index >= 15 is 0 Å². The summed E-state index contributed by atoms with van der Waals surface area (Å²) in [6, 6.07) is 15.5. The van der Waals surface area contributed by atoms with Crippen LogP contribution in [0.1, 0.15) is 5.56 Å². The van der Waals surface area contributed by atoms with Crippen molar-refractivity contribution in [2.24, 2.45) is 0 Å². The summed E-state index contributed by atoms with van der Waals surface area (Å²) in [6.07, 6.45) is 0. The Labute approximate surface area is 103 Å². The van der Waals surface area contributed by atoms with Crippen molar-refractivity contribution >= 4 is 21.6 Å². The smallest absolute Gasteiger partial charge is 0.119 e. The molecule has 2 aromatic carbocycles.